The largest absolute Gasteiger partial charge is 0.362 e. The summed E-state index contributed by atoms with van der Waals surface area (Å²) in [6.07, 6.45) is 18.8. The van der Waals surface area contributed by atoms with Crippen LogP contribution in [0.4, 0.5) is 0 Å². The van der Waals surface area contributed by atoms with E-state index >= 15 is 0 Å². The zero-order chi connectivity index (χ0) is 34.9. The zero-order valence-electron chi connectivity index (χ0n) is 31.7. The number of aromatic amines is 1. The summed E-state index contributed by atoms with van der Waals surface area (Å²) < 4.78 is 0. The van der Waals surface area contributed by atoms with Gasteiger partial charge in [0.05, 0.1) is 16.9 Å². The molecule has 3 aromatic carbocycles. The molecule has 4 aliphatic rings. The first-order valence-electron chi connectivity index (χ1n) is 20.5. The van der Waals surface area contributed by atoms with Gasteiger partial charge in [-0.3, -0.25) is 14.7 Å². The third kappa shape index (κ3) is 5.58. The van der Waals surface area contributed by atoms with E-state index in [4.69, 9.17) is 0 Å². The molecule has 2 aliphatic carbocycles. The molecular weight excluding hydrogens is 621 g/mol. The lowest BCUT2D eigenvalue weighted by molar-refractivity contribution is -0.174. The molecule has 8 rings (SSSR count). The van der Waals surface area contributed by atoms with E-state index in [9.17, 15) is 0 Å². The van der Waals surface area contributed by atoms with Crippen molar-refractivity contribution in [2.24, 2.45) is 11.3 Å². The third-order valence-corrected chi connectivity index (χ3v) is 13.8. The number of nitrogens with zero attached hydrogens (tertiary/aromatic N) is 3. The number of benzene rings is 3. The Kier molecular flexibility index (Phi) is 9.80. The SMILES string of the molecule is CC(C)(C)C1(CCc2ccccc2)N(Cc2ccccc2)C(c2ccccc2)(c2ccc[nH]2)N(C2CCCCC2)C1(C1CCCC1)N1CCCC1. The Labute approximate surface area is 308 Å². The van der Waals surface area contributed by atoms with Crippen molar-refractivity contribution in [2.45, 2.75) is 134 Å². The van der Waals surface area contributed by atoms with Crippen molar-refractivity contribution in [3.63, 3.8) is 0 Å². The Morgan fingerprint density at radius 2 is 1.24 bits per heavy atom. The fraction of sp³-hybridized carbons (Fsp3) is 0.532. The van der Waals surface area contributed by atoms with Crippen molar-refractivity contribution in [3.05, 3.63) is 132 Å². The number of rotatable bonds is 10. The lowest BCUT2D eigenvalue weighted by Crippen LogP contribution is -2.77. The summed E-state index contributed by atoms with van der Waals surface area (Å²) in [7, 11) is 0. The Bertz CT molecular complexity index is 1640. The molecule has 4 fully saturated rings. The second-order valence-corrected chi connectivity index (χ2v) is 17.4. The molecule has 1 N–H and O–H groups in total. The minimum atomic E-state index is -0.488. The van der Waals surface area contributed by atoms with E-state index in [-0.39, 0.29) is 16.6 Å². The summed E-state index contributed by atoms with van der Waals surface area (Å²) in [4.78, 5) is 13.5. The molecular formula is C47H62N4. The molecule has 3 heterocycles. The topological polar surface area (TPSA) is 25.5 Å². The standard InChI is InChI=1S/C47H62N4/c1-44(2,3)45(33-32-38-21-8-4-9-22-38)47(41-27-16-17-28-41,49-35-18-19-36-49)51(42-29-14-7-15-30-42)46(43-31-20-34-48-43,40-25-12-6-13-26-40)50(45)37-39-23-10-5-11-24-39/h4-6,8-13,20-26,31,34,41-42,48H,7,14-19,27-30,32-33,35-37H2,1-3H3. The number of hydrogen-bond acceptors (Lipinski definition) is 3. The maximum Gasteiger partial charge on any atom is 0.144 e. The van der Waals surface area contributed by atoms with Crippen LogP contribution in [0.25, 0.3) is 0 Å². The average molecular weight is 683 g/mol. The molecule has 0 radical (unpaired) electrons. The molecule has 0 spiro atoms. The van der Waals surface area contributed by atoms with Gasteiger partial charge in [-0.1, -0.05) is 144 Å². The average Bonchev–Trinajstić information content (AvgIpc) is 4.00. The summed E-state index contributed by atoms with van der Waals surface area (Å²) in [6, 6.07) is 40.0. The summed E-state index contributed by atoms with van der Waals surface area (Å²) >= 11 is 0. The van der Waals surface area contributed by atoms with Gasteiger partial charge in [0.2, 0.25) is 0 Å². The predicted molar refractivity (Wildman–Crippen MR) is 211 cm³/mol. The van der Waals surface area contributed by atoms with Crippen LogP contribution in [0, 0.1) is 11.3 Å². The molecule has 3 atom stereocenters. The molecule has 51 heavy (non-hydrogen) atoms. The fourth-order valence-corrected chi connectivity index (χ4v) is 12.1. The van der Waals surface area contributed by atoms with Crippen LogP contribution in [0.5, 0.6) is 0 Å². The van der Waals surface area contributed by atoms with Gasteiger partial charge in [0.25, 0.3) is 0 Å². The highest BCUT2D eigenvalue weighted by Crippen LogP contribution is 2.69. The lowest BCUT2D eigenvalue weighted by Gasteiger charge is -2.64. The number of likely N-dealkylation sites (tertiary alicyclic amines) is 1. The Morgan fingerprint density at radius 3 is 1.82 bits per heavy atom. The quantitative estimate of drug-likeness (QED) is 0.180. The van der Waals surface area contributed by atoms with Crippen LogP contribution >= 0.6 is 0 Å². The normalized spacial score (nSPS) is 28.9. The van der Waals surface area contributed by atoms with Crippen LogP contribution in [0.1, 0.15) is 120 Å². The van der Waals surface area contributed by atoms with E-state index in [0.29, 0.717) is 12.0 Å². The number of H-pyrrole nitrogens is 1. The van der Waals surface area contributed by atoms with Gasteiger partial charge >= 0.3 is 0 Å². The van der Waals surface area contributed by atoms with Gasteiger partial charge < -0.3 is 4.98 Å². The third-order valence-electron chi connectivity index (χ3n) is 13.8. The highest BCUT2D eigenvalue weighted by atomic mass is 15.6. The van der Waals surface area contributed by atoms with Crippen molar-refractivity contribution in [3.8, 4) is 0 Å². The van der Waals surface area contributed by atoms with E-state index in [1.54, 1.807) is 0 Å². The van der Waals surface area contributed by atoms with Crippen LogP contribution in [0.15, 0.2) is 109 Å². The van der Waals surface area contributed by atoms with Crippen LogP contribution < -0.4 is 0 Å². The molecule has 2 saturated carbocycles. The fourth-order valence-electron chi connectivity index (χ4n) is 12.1. The van der Waals surface area contributed by atoms with Crippen LogP contribution in [-0.2, 0) is 18.6 Å². The second-order valence-electron chi connectivity index (χ2n) is 17.4. The molecule has 4 heteroatoms. The first-order valence-corrected chi connectivity index (χ1v) is 20.5. The van der Waals surface area contributed by atoms with E-state index in [1.807, 2.05) is 0 Å². The summed E-state index contributed by atoms with van der Waals surface area (Å²) in [5, 5.41) is 0. The van der Waals surface area contributed by atoms with E-state index in [1.165, 1.54) is 106 Å². The van der Waals surface area contributed by atoms with Crippen LogP contribution in [-0.4, -0.2) is 50.0 Å². The van der Waals surface area contributed by atoms with Crippen molar-refractivity contribution in [1.29, 1.82) is 0 Å². The van der Waals surface area contributed by atoms with E-state index in [0.717, 1.165) is 19.4 Å². The molecule has 270 valence electrons. The number of hydrogen-bond donors (Lipinski definition) is 1. The molecule has 3 unspecified atom stereocenters. The first kappa shape index (κ1) is 34.9. The predicted octanol–water partition coefficient (Wildman–Crippen LogP) is 10.8. The van der Waals surface area contributed by atoms with Crippen molar-refractivity contribution in [2.75, 3.05) is 13.1 Å². The van der Waals surface area contributed by atoms with Gasteiger partial charge in [0.1, 0.15) is 5.66 Å². The Balaban J connectivity index is 1.54. The molecule has 0 bridgehead atoms. The van der Waals surface area contributed by atoms with Gasteiger partial charge in [0.15, 0.2) is 0 Å². The minimum Gasteiger partial charge on any atom is -0.362 e. The number of aryl methyl sites for hydroxylation is 1. The molecule has 1 aromatic heterocycles. The molecule has 4 nitrogen and oxygen atoms in total. The maximum atomic E-state index is 3.98. The summed E-state index contributed by atoms with van der Waals surface area (Å²) in [6.45, 7) is 11.2. The monoisotopic (exact) mass is 682 g/mol. The van der Waals surface area contributed by atoms with Crippen molar-refractivity contribution < 1.29 is 0 Å². The molecule has 0 amide bonds. The minimum absolute atomic E-state index is 0.0578. The van der Waals surface area contributed by atoms with Gasteiger partial charge in [-0.05, 0) is 91.5 Å². The van der Waals surface area contributed by atoms with E-state index < -0.39 is 5.66 Å². The number of aromatic nitrogens is 1. The van der Waals surface area contributed by atoms with Crippen molar-refractivity contribution >= 4 is 0 Å². The first-order chi connectivity index (χ1) is 24.9. The Hall–Kier alpha value is -3.18. The summed E-state index contributed by atoms with van der Waals surface area (Å²) in [5.41, 5.74) is 4.71. The number of nitrogens with one attached hydrogen (secondary N) is 1. The Morgan fingerprint density at radius 1 is 0.647 bits per heavy atom. The highest BCUT2D eigenvalue weighted by molar-refractivity contribution is 5.44. The van der Waals surface area contributed by atoms with Crippen LogP contribution in [0.2, 0.25) is 0 Å². The molecule has 2 aliphatic heterocycles. The maximum absolute atomic E-state index is 3.98. The lowest BCUT2D eigenvalue weighted by atomic mass is 9.58. The van der Waals surface area contributed by atoms with Gasteiger partial charge in [-0.2, -0.15) is 0 Å². The summed E-state index contributed by atoms with van der Waals surface area (Å²) in [5.74, 6) is 0.589. The zero-order valence-corrected chi connectivity index (χ0v) is 31.7. The molecule has 2 saturated heterocycles. The van der Waals surface area contributed by atoms with Gasteiger partial charge in [0, 0.05) is 31.9 Å². The van der Waals surface area contributed by atoms with Crippen LogP contribution in [0.3, 0.4) is 0 Å². The van der Waals surface area contributed by atoms with Crippen molar-refractivity contribution in [1.82, 2.24) is 19.7 Å². The van der Waals surface area contributed by atoms with Gasteiger partial charge in [-0.25, -0.2) is 0 Å². The second kappa shape index (κ2) is 14.3. The smallest absolute Gasteiger partial charge is 0.144 e. The molecule has 4 aromatic rings. The van der Waals surface area contributed by atoms with Gasteiger partial charge in [-0.15, -0.1) is 0 Å². The highest BCUT2D eigenvalue weighted by Gasteiger charge is 2.80. The van der Waals surface area contributed by atoms with E-state index in [2.05, 4.69) is 150 Å².